The van der Waals surface area contributed by atoms with Gasteiger partial charge in [0.15, 0.2) is 0 Å². The number of para-hydroxylation sites is 1. The molecule has 0 spiro atoms. The number of amides is 2. The molecule has 0 radical (unpaired) electrons. The first-order chi connectivity index (χ1) is 16.2. The number of benzene rings is 3. The molecule has 0 aliphatic rings. The highest BCUT2D eigenvalue weighted by Gasteiger charge is 2.27. The smallest absolute Gasteiger partial charge is 0.264 e. The number of carbonyl (C=O) groups is 2. The van der Waals surface area contributed by atoms with Gasteiger partial charge in [-0.1, -0.05) is 37.3 Å². The molecule has 0 saturated heterocycles. The molecule has 0 unspecified atom stereocenters. The summed E-state index contributed by atoms with van der Waals surface area (Å²) in [6.07, 6.45) is 0.740. The fourth-order valence-electron chi connectivity index (χ4n) is 3.16. The van der Waals surface area contributed by atoms with Crippen LogP contribution >= 0.6 is 0 Å². The molecule has 0 aromatic heterocycles. The van der Waals surface area contributed by atoms with E-state index in [-0.39, 0.29) is 33.8 Å². The number of halogens is 1. The summed E-state index contributed by atoms with van der Waals surface area (Å²) in [6.45, 7) is 3.23. The lowest BCUT2D eigenvalue weighted by atomic mass is 10.1. The van der Waals surface area contributed by atoms with Gasteiger partial charge in [-0.3, -0.25) is 13.9 Å². The van der Waals surface area contributed by atoms with Crippen LogP contribution in [0.25, 0.3) is 0 Å². The summed E-state index contributed by atoms with van der Waals surface area (Å²) in [4.78, 5) is 25.6. The van der Waals surface area contributed by atoms with Crippen molar-refractivity contribution in [2.75, 3.05) is 16.2 Å². The van der Waals surface area contributed by atoms with E-state index in [2.05, 4.69) is 10.6 Å². The van der Waals surface area contributed by atoms with Gasteiger partial charge in [-0.2, -0.15) is 0 Å². The zero-order valence-corrected chi connectivity index (χ0v) is 19.7. The number of hydrogen-bond donors (Lipinski definition) is 2. The second-order valence-electron chi connectivity index (χ2n) is 7.68. The Morgan fingerprint density at radius 1 is 0.941 bits per heavy atom. The predicted molar refractivity (Wildman–Crippen MR) is 130 cm³/mol. The Labute approximate surface area is 198 Å². The minimum atomic E-state index is -4.13. The van der Waals surface area contributed by atoms with Crippen LogP contribution in [0.15, 0.2) is 83.8 Å². The highest BCUT2D eigenvalue weighted by molar-refractivity contribution is 7.92. The largest absolute Gasteiger partial charge is 0.350 e. The molecule has 0 saturated carbocycles. The van der Waals surface area contributed by atoms with Gasteiger partial charge in [-0.05, 0) is 61.9 Å². The molecular formula is C25H26FN3O4S. The highest BCUT2D eigenvalue weighted by Crippen LogP contribution is 2.24. The fourth-order valence-corrected chi connectivity index (χ4v) is 4.60. The van der Waals surface area contributed by atoms with Crippen molar-refractivity contribution in [1.29, 1.82) is 0 Å². The summed E-state index contributed by atoms with van der Waals surface area (Å²) in [5.74, 6) is -1.54. The number of hydrogen-bond acceptors (Lipinski definition) is 4. The van der Waals surface area contributed by atoms with Crippen LogP contribution in [0.3, 0.4) is 0 Å². The molecule has 3 aromatic carbocycles. The van der Waals surface area contributed by atoms with E-state index in [0.29, 0.717) is 0 Å². The summed E-state index contributed by atoms with van der Waals surface area (Å²) in [5, 5.41) is 5.48. The fraction of sp³-hybridized carbons (Fsp3) is 0.200. The third-order valence-electron chi connectivity index (χ3n) is 5.17. The van der Waals surface area contributed by atoms with Gasteiger partial charge in [0.25, 0.3) is 15.9 Å². The Kier molecular flexibility index (Phi) is 8.01. The van der Waals surface area contributed by atoms with Crippen molar-refractivity contribution < 1.29 is 22.4 Å². The van der Waals surface area contributed by atoms with Crippen molar-refractivity contribution >= 4 is 33.2 Å². The molecular weight excluding hydrogens is 457 g/mol. The normalized spacial score (nSPS) is 12.0. The minimum Gasteiger partial charge on any atom is -0.350 e. The van der Waals surface area contributed by atoms with E-state index in [1.165, 1.54) is 24.3 Å². The van der Waals surface area contributed by atoms with E-state index < -0.39 is 28.3 Å². The average molecular weight is 484 g/mol. The standard InChI is InChI=1S/C25H26FN3O4S/c1-3-18(2)27-25(31)22-11-7-8-12-23(22)28-24(30)17-29(20-15-13-19(26)14-16-20)34(32,33)21-9-5-4-6-10-21/h4-16,18H,3,17H2,1-2H3,(H,27,31)(H,28,30)/t18-/m0/s1. The third-order valence-corrected chi connectivity index (χ3v) is 6.96. The molecule has 1 atom stereocenters. The maximum atomic E-state index is 13.5. The van der Waals surface area contributed by atoms with Gasteiger partial charge in [-0.15, -0.1) is 0 Å². The second kappa shape index (κ2) is 10.9. The Morgan fingerprint density at radius 2 is 1.56 bits per heavy atom. The summed E-state index contributed by atoms with van der Waals surface area (Å²) >= 11 is 0. The maximum absolute atomic E-state index is 13.5. The molecule has 0 aliphatic carbocycles. The van der Waals surface area contributed by atoms with Crippen LogP contribution in [0.4, 0.5) is 15.8 Å². The van der Waals surface area contributed by atoms with Crippen LogP contribution in [0.2, 0.25) is 0 Å². The van der Waals surface area contributed by atoms with Crippen LogP contribution in [0.5, 0.6) is 0 Å². The first kappa shape index (κ1) is 24.9. The van der Waals surface area contributed by atoms with Crippen LogP contribution in [-0.4, -0.2) is 32.8 Å². The Bertz CT molecular complexity index is 1250. The van der Waals surface area contributed by atoms with E-state index in [0.717, 1.165) is 22.9 Å². The van der Waals surface area contributed by atoms with Gasteiger partial charge in [0.1, 0.15) is 12.4 Å². The Morgan fingerprint density at radius 3 is 2.21 bits per heavy atom. The highest BCUT2D eigenvalue weighted by atomic mass is 32.2. The maximum Gasteiger partial charge on any atom is 0.264 e. The Hall–Kier alpha value is -3.72. The molecule has 3 aromatic rings. The number of carbonyl (C=O) groups excluding carboxylic acids is 2. The van der Waals surface area contributed by atoms with Gasteiger partial charge in [0, 0.05) is 6.04 Å². The zero-order valence-electron chi connectivity index (χ0n) is 18.9. The van der Waals surface area contributed by atoms with Gasteiger partial charge >= 0.3 is 0 Å². The van der Waals surface area contributed by atoms with Crippen molar-refractivity contribution in [3.8, 4) is 0 Å². The summed E-state index contributed by atoms with van der Waals surface area (Å²) in [5.41, 5.74) is 0.642. The lowest BCUT2D eigenvalue weighted by Gasteiger charge is -2.24. The summed E-state index contributed by atoms with van der Waals surface area (Å²) in [7, 11) is -4.13. The first-order valence-corrected chi connectivity index (χ1v) is 12.2. The molecule has 0 aliphatic heterocycles. The summed E-state index contributed by atoms with van der Waals surface area (Å²) < 4.78 is 41.0. The van der Waals surface area contributed by atoms with E-state index in [4.69, 9.17) is 0 Å². The Balaban J connectivity index is 1.89. The average Bonchev–Trinajstić information content (AvgIpc) is 2.84. The molecule has 9 heteroatoms. The first-order valence-electron chi connectivity index (χ1n) is 10.8. The lowest BCUT2D eigenvalue weighted by molar-refractivity contribution is -0.114. The topological polar surface area (TPSA) is 95.6 Å². The number of sulfonamides is 1. The van der Waals surface area contributed by atoms with E-state index in [1.807, 2.05) is 13.8 Å². The van der Waals surface area contributed by atoms with Gasteiger partial charge in [0.2, 0.25) is 5.91 Å². The quantitative estimate of drug-likeness (QED) is 0.477. The van der Waals surface area contributed by atoms with E-state index >= 15 is 0 Å². The van der Waals surface area contributed by atoms with E-state index in [9.17, 15) is 22.4 Å². The molecule has 0 heterocycles. The minimum absolute atomic E-state index is 0.0135. The molecule has 3 rings (SSSR count). The van der Waals surface area contributed by atoms with Crippen molar-refractivity contribution in [2.45, 2.75) is 31.2 Å². The predicted octanol–water partition coefficient (Wildman–Crippen LogP) is 4.19. The monoisotopic (exact) mass is 483 g/mol. The zero-order chi connectivity index (χ0) is 24.7. The van der Waals surface area contributed by atoms with Crippen molar-refractivity contribution in [1.82, 2.24) is 5.32 Å². The molecule has 0 fully saturated rings. The van der Waals surface area contributed by atoms with Crippen LogP contribution in [-0.2, 0) is 14.8 Å². The summed E-state index contributed by atoms with van der Waals surface area (Å²) in [6, 6.07) is 18.9. The van der Waals surface area contributed by atoms with Crippen LogP contribution < -0.4 is 14.9 Å². The van der Waals surface area contributed by atoms with Crippen molar-refractivity contribution in [2.24, 2.45) is 0 Å². The van der Waals surface area contributed by atoms with Crippen molar-refractivity contribution in [3.63, 3.8) is 0 Å². The molecule has 7 nitrogen and oxygen atoms in total. The second-order valence-corrected chi connectivity index (χ2v) is 9.54. The molecule has 178 valence electrons. The molecule has 34 heavy (non-hydrogen) atoms. The van der Waals surface area contributed by atoms with Gasteiger partial charge in [0.05, 0.1) is 21.8 Å². The SMILES string of the molecule is CC[C@H](C)NC(=O)c1ccccc1NC(=O)CN(c1ccc(F)cc1)S(=O)(=O)c1ccccc1. The van der Waals surface area contributed by atoms with Gasteiger partial charge in [-0.25, -0.2) is 12.8 Å². The molecule has 2 N–H and O–H groups in total. The number of nitrogens with zero attached hydrogens (tertiary/aromatic N) is 1. The van der Waals surface area contributed by atoms with Gasteiger partial charge < -0.3 is 10.6 Å². The molecule has 0 bridgehead atoms. The third kappa shape index (κ3) is 5.99. The number of rotatable bonds is 9. The van der Waals surface area contributed by atoms with Crippen LogP contribution in [0, 0.1) is 5.82 Å². The number of nitrogens with one attached hydrogen (secondary N) is 2. The number of anilines is 2. The van der Waals surface area contributed by atoms with Crippen molar-refractivity contribution in [3.05, 3.63) is 90.2 Å². The lowest BCUT2D eigenvalue weighted by Crippen LogP contribution is -2.38. The van der Waals surface area contributed by atoms with Crippen LogP contribution in [0.1, 0.15) is 30.6 Å². The molecule has 2 amide bonds. The van der Waals surface area contributed by atoms with E-state index in [1.54, 1.807) is 42.5 Å².